The van der Waals surface area contributed by atoms with E-state index in [0.29, 0.717) is 38.1 Å². The first-order chi connectivity index (χ1) is 15.2. The number of hydrogen-bond donors (Lipinski definition) is 0. The molecule has 2 heterocycles. The third kappa shape index (κ3) is 3.93. The number of ether oxygens (including phenoxy) is 3. The number of aromatic nitrogens is 3. The molecule has 2 aromatic carbocycles. The predicted octanol–water partition coefficient (Wildman–Crippen LogP) is 3.69. The van der Waals surface area contributed by atoms with E-state index in [0.717, 1.165) is 5.56 Å². The molecule has 0 fully saturated rings. The number of thiazole rings is 1. The normalized spacial score (nSPS) is 12.4. The largest absolute Gasteiger partial charge is 0.493 e. The molecule has 8 heteroatoms. The first kappa shape index (κ1) is 21.8. The smallest absolute Gasteiger partial charge is 0.291 e. The van der Waals surface area contributed by atoms with E-state index in [-0.39, 0.29) is 11.0 Å². The summed E-state index contributed by atoms with van der Waals surface area (Å²) in [6.45, 7) is 6.52. The van der Waals surface area contributed by atoms with E-state index in [1.54, 1.807) is 33.5 Å². The zero-order valence-electron chi connectivity index (χ0n) is 18.9. The fourth-order valence-electron chi connectivity index (χ4n) is 3.40. The zero-order chi connectivity index (χ0) is 23.0. The van der Waals surface area contributed by atoms with Crippen LogP contribution in [0.15, 0.2) is 41.2 Å². The molecule has 4 rings (SSSR count). The van der Waals surface area contributed by atoms with Crippen molar-refractivity contribution < 1.29 is 14.2 Å². The molecule has 32 heavy (non-hydrogen) atoms. The van der Waals surface area contributed by atoms with Gasteiger partial charge in [0, 0.05) is 5.56 Å². The van der Waals surface area contributed by atoms with E-state index < -0.39 is 0 Å². The van der Waals surface area contributed by atoms with E-state index in [1.807, 2.05) is 18.2 Å². The van der Waals surface area contributed by atoms with Gasteiger partial charge in [-0.15, -0.1) is 5.10 Å². The van der Waals surface area contributed by atoms with Crippen LogP contribution in [0.25, 0.3) is 22.4 Å². The lowest BCUT2D eigenvalue weighted by Crippen LogP contribution is -2.23. The monoisotopic (exact) mass is 451 g/mol. The molecule has 0 spiro atoms. The van der Waals surface area contributed by atoms with Gasteiger partial charge in [-0.1, -0.05) is 56.4 Å². The summed E-state index contributed by atoms with van der Waals surface area (Å²) >= 11 is 1.31. The second-order valence-corrected chi connectivity index (χ2v) is 9.34. The first-order valence-electron chi connectivity index (χ1n) is 10.1. The van der Waals surface area contributed by atoms with Gasteiger partial charge in [-0.2, -0.15) is 9.50 Å². The van der Waals surface area contributed by atoms with Gasteiger partial charge >= 0.3 is 0 Å². The summed E-state index contributed by atoms with van der Waals surface area (Å²) in [5, 5.41) is 4.43. The van der Waals surface area contributed by atoms with Gasteiger partial charge in [0.05, 0.1) is 25.9 Å². The Morgan fingerprint density at radius 2 is 1.59 bits per heavy atom. The minimum atomic E-state index is -0.198. The zero-order valence-corrected chi connectivity index (χ0v) is 19.7. The molecule has 0 saturated heterocycles. The summed E-state index contributed by atoms with van der Waals surface area (Å²) in [7, 11) is 4.64. The van der Waals surface area contributed by atoms with Crippen LogP contribution in [0.4, 0.5) is 0 Å². The fraction of sp³-hybridized carbons (Fsp3) is 0.292. The van der Waals surface area contributed by atoms with Crippen LogP contribution in [0.3, 0.4) is 0 Å². The number of hydrogen-bond acceptors (Lipinski definition) is 7. The number of benzene rings is 2. The van der Waals surface area contributed by atoms with Crippen molar-refractivity contribution in [3.63, 3.8) is 0 Å². The van der Waals surface area contributed by atoms with Crippen LogP contribution in [0.1, 0.15) is 31.9 Å². The standard InChI is InChI=1S/C24H25N3O4S/c1-24(2,3)16-9-7-14(8-10-16)11-19-22(28)27-23(32-19)25-21(26-27)15-12-17(29-4)20(31-6)18(13-15)30-5/h7-13H,1-6H3. The van der Waals surface area contributed by atoms with E-state index in [2.05, 4.69) is 43.0 Å². The summed E-state index contributed by atoms with van der Waals surface area (Å²) in [6, 6.07) is 11.8. The second-order valence-electron chi connectivity index (χ2n) is 8.33. The summed E-state index contributed by atoms with van der Waals surface area (Å²) in [5.41, 5.74) is 2.76. The number of nitrogens with zero attached hydrogens (tertiary/aromatic N) is 3. The topological polar surface area (TPSA) is 75.0 Å². The highest BCUT2D eigenvalue weighted by Crippen LogP contribution is 2.40. The Balaban J connectivity index is 1.74. The van der Waals surface area contributed by atoms with Crippen molar-refractivity contribution in [2.75, 3.05) is 21.3 Å². The molecule has 0 unspecified atom stereocenters. The van der Waals surface area contributed by atoms with Crippen LogP contribution in [0.5, 0.6) is 17.2 Å². The maximum absolute atomic E-state index is 12.9. The van der Waals surface area contributed by atoms with Crippen molar-refractivity contribution >= 4 is 22.4 Å². The molecule has 0 saturated carbocycles. The second kappa shape index (κ2) is 8.27. The molecular formula is C24H25N3O4S. The van der Waals surface area contributed by atoms with Crippen molar-refractivity contribution in [2.24, 2.45) is 0 Å². The van der Waals surface area contributed by atoms with Crippen LogP contribution in [-0.2, 0) is 5.41 Å². The molecular weight excluding hydrogens is 426 g/mol. The maximum Gasteiger partial charge on any atom is 0.291 e. The van der Waals surface area contributed by atoms with Gasteiger partial charge in [-0.05, 0) is 34.8 Å². The van der Waals surface area contributed by atoms with E-state index >= 15 is 0 Å². The number of fused-ring (bicyclic) bond motifs is 1. The molecule has 166 valence electrons. The van der Waals surface area contributed by atoms with Crippen LogP contribution in [0, 0.1) is 0 Å². The molecule has 0 atom stereocenters. The molecule has 0 aliphatic rings. The molecule has 0 aliphatic heterocycles. The molecule has 0 amide bonds. The lowest BCUT2D eigenvalue weighted by molar-refractivity contribution is 0.324. The molecule has 7 nitrogen and oxygen atoms in total. The molecule has 0 radical (unpaired) electrons. The quantitative estimate of drug-likeness (QED) is 0.461. The third-order valence-electron chi connectivity index (χ3n) is 5.18. The molecule has 0 N–H and O–H groups in total. The van der Waals surface area contributed by atoms with E-state index in [1.165, 1.54) is 21.4 Å². The number of rotatable bonds is 5. The minimum absolute atomic E-state index is 0.0823. The Labute approximate surface area is 189 Å². The van der Waals surface area contributed by atoms with Crippen molar-refractivity contribution in [2.45, 2.75) is 26.2 Å². The lowest BCUT2D eigenvalue weighted by Gasteiger charge is -2.18. The molecule has 2 aromatic heterocycles. The molecule has 0 aliphatic carbocycles. The van der Waals surface area contributed by atoms with Crippen molar-refractivity contribution in [1.29, 1.82) is 0 Å². The molecule has 0 bridgehead atoms. The highest BCUT2D eigenvalue weighted by molar-refractivity contribution is 7.15. The van der Waals surface area contributed by atoms with Gasteiger partial charge in [0.25, 0.3) is 5.56 Å². The third-order valence-corrected chi connectivity index (χ3v) is 6.14. The fourth-order valence-corrected chi connectivity index (χ4v) is 4.30. The van der Waals surface area contributed by atoms with E-state index in [4.69, 9.17) is 14.2 Å². The van der Waals surface area contributed by atoms with Crippen LogP contribution in [-0.4, -0.2) is 35.9 Å². The average Bonchev–Trinajstić information content (AvgIpc) is 3.31. The van der Waals surface area contributed by atoms with Gasteiger partial charge in [0.2, 0.25) is 10.7 Å². The van der Waals surface area contributed by atoms with Crippen molar-refractivity contribution in [3.8, 4) is 28.6 Å². The Morgan fingerprint density at radius 1 is 0.969 bits per heavy atom. The summed E-state index contributed by atoms with van der Waals surface area (Å²) < 4.78 is 18.1. The number of methoxy groups -OCH3 is 3. The Hall–Kier alpha value is -3.39. The maximum atomic E-state index is 12.9. The van der Waals surface area contributed by atoms with Gasteiger partial charge in [-0.3, -0.25) is 4.79 Å². The Kier molecular flexibility index (Phi) is 5.64. The summed E-state index contributed by atoms with van der Waals surface area (Å²) in [5.74, 6) is 1.89. The highest BCUT2D eigenvalue weighted by atomic mass is 32.1. The first-order valence-corrected chi connectivity index (χ1v) is 10.9. The lowest BCUT2D eigenvalue weighted by atomic mass is 9.87. The highest BCUT2D eigenvalue weighted by Gasteiger charge is 2.18. The Bertz CT molecular complexity index is 1360. The summed E-state index contributed by atoms with van der Waals surface area (Å²) in [4.78, 5) is 18.0. The van der Waals surface area contributed by atoms with Crippen molar-refractivity contribution in [3.05, 3.63) is 62.4 Å². The SMILES string of the molecule is COc1cc(-c2nc3sc(=Cc4ccc(C(C)(C)C)cc4)c(=O)n3n2)cc(OC)c1OC. The van der Waals surface area contributed by atoms with Crippen LogP contribution in [0.2, 0.25) is 0 Å². The average molecular weight is 452 g/mol. The van der Waals surface area contributed by atoms with E-state index in [9.17, 15) is 4.79 Å². The summed E-state index contributed by atoms with van der Waals surface area (Å²) in [6.07, 6.45) is 1.87. The van der Waals surface area contributed by atoms with Gasteiger partial charge in [0.15, 0.2) is 17.3 Å². The minimum Gasteiger partial charge on any atom is -0.493 e. The van der Waals surface area contributed by atoms with Crippen LogP contribution < -0.4 is 24.3 Å². The van der Waals surface area contributed by atoms with Crippen molar-refractivity contribution in [1.82, 2.24) is 14.6 Å². The van der Waals surface area contributed by atoms with Crippen LogP contribution >= 0.6 is 11.3 Å². The van der Waals surface area contributed by atoms with Gasteiger partial charge in [-0.25, -0.2) is 0 Å². The van der Waals surface area contributed by atoms with Gasteiger partial charge < -0.3 is 14.2 Å². The predicted molar refractivity (Wildman–Crippen MR) is 126 cm³/mol. The Morgan fingerprint density at radius 3 is 2.09 bits per heavy atom. The van der Waals surface area contributed by atoms with Gasteiger partial charge in [0.1, 0.15) is 0 Å². The molecule has 4 aromatic rings.